The van der Waals surface area contributed by atoms with E-state index in [1.165, 1.54) is 13.8 Å². The molecule has 0 heterocycles. The number of quaternary nitrogens is 1. The first-order chi connectivity index (χ1) is 10.6. The van der Waals surface area contributed by atoms with Crippen LogP contribution in [0.5, 0.6) is 0 Å². The van der Waals surface area contributed by atoms with Gasteiger partial charge in [0.15, 0.2) is 12.6 Å². The molecule has 4 N–H and O–H groups in total. The molecule has 0 aliphatic heterocycles. The summed E-state index contributed by atoms with van der Waals surface area (Å²) >= 11 is 0.705. The van der Waals surface area contributed by atoms with Gasteiger partial charge < -0.3 is 25.7 Å². The minimum Gasteiger partial charge on any atom is -0.548 e. The molecule has 0 spiro atoms. The number of carboxylic acid groups (broad SMARTS) is 1. The predicted octanol–water partition coefficient (Wildman–Crippen LogP) is -2.21. The van der Waals surface area contributed by atoms with Crippen LogP contribution in [0.4, 0.5) is 0 Å². The van der Waals surface area contributed by atoms with E-state index in [4.69, 9.17) is 4.74 Å². The SMILES string of the molecule is C=C(C)C(=O)OC[C@H]([NH3+])C(=O)N[C@@H](CSC(=O)C(=C)C)C(=O)[O-]. The third-order valence-electron chi connectivity index (χ3n) is 2.47. The van der Waals surface area contributed by atoms with Gasteiger partial charge in [-0.15, -0.1) is 0 Å². The standard InChI is InChI=1S/C14H20N2O6S/c1-7(2)13(20)22-5-9(15)11(17)16-10(12(18)19)6-23-14(21)8(3)4/h9-10H,1,3,5-6,15H2,2,4H3,(H,16,17)(H,18,19)/t9-,10-/m0/s1. The molecule has 0 saturated heterocycles. The molecular weight excluding hydrogens is 324 g/mol. The number of amides is 1. The Hall–Kier alpha value is -2.13. The van der Waals surface area contributed by atoms with Crippen LogP contribution in [0.15, 0.2) is 24.3 Å². The van der Waals surface area contributed by atoms with Gasteiger partial charge >= 0.3 is 5.97 Å². The highest BCUT2D eigenvalue weighted by atomic mass is 32.2. The highest BCUT2D eigenvalue weighted by molar-refractivity contribution is 8.14. The van der Waals surface area contributed by atoms with Crippen LogP contribution in [0.3, 0.4) is 0 Å². The number of nitrogens with one attached hydrogen (secondary N) is 1. The number of hydrogen-bond acceptors (Lipinski definition) is 7. The molecule has 128 valence electrons. The van der Waals surface area contributed by atoms with E-state index in [1.807, 2.05) is 0 Å². The van der Waals surface area contributed by atoms with Gasteiger partial charge in [-0.1, -0.05) is 24.9 Å². The van der Waals surface area contributed by atoms with Gasteiger partial charge in [0.05, 0.1) is 12.0 Å². The summed E-state index contributed by atoms with van der Waals surface area (Å²) in [5, 5.41) is 12.8. The summed E-state index contributed by atoms with van der Waals surface area (Å²) in [6.45, 7) is 9.43. The molecule has 0 unspecified atom stereocenters. The largest absolute Gasteiger partial charge is 0.548 e. The molecule has 0 aliphatic carbocycles. The van der Waals surface area contributed by atoms with Crippen molar-refractivity contribution in [2.75, 3.05) is 12.4 Å². The summed E-state index contributed by atoms with van der Waals surface area (Å²) in [5.41, 5.74) is 3.92. The van der Waals surface area contributed by atoms with Crippen LogP contribution in [0, 0.1) is 0 Å². The Morgan fingerprint density at radius 1 is 1.22 bits per heavy atom. The fraction of sp³-hybridized carbons (Fsp3) is 0.429. The van der Waals surface area contributed by atoms with Crippen LogP contribution >= 0.6 is 11.8 Å². The minimum atomic E-state index is -1.54. The lowest BCUT2D eigenvalue weighted by atomic mass is 10.2. The van der Waals surface area contributed by atoms with Gasteiger partial charge in [0.1, 0.15) is 0 Å². The monoisotopic (exact) mass is 344 g/mol. The van der Waals surface area contributed by atoms with E-state index >= 15 is 0 Å². The lowest BCUT2D eigenvalue weighted by Gasteiger charge is -2.20. The maximum Gasteiger partial charge on any atom is 0.333 e. The average Bonchev–Trinajstić information content (AvgIpc) is 2.47. The third kappa shape index (κ3) is 8.17. The summed E-state index contributed by atoms with van der Waals surface area (Å²) in [7, 11) is 0. The van der Waals surface area contributed by atoms with Crippen molar-refractivity contribution in [1.82, 2.24) is 5.32 Å². The van der Waals surface area contributed by atoms with Gasteiger partial charge in [-0.25, -0.2) is 4.79 Å². The van der Waals surface area contributed by atoms with Gasteiger partial charge in [-0.3, -0.25) is 9.59 Å². The number of carbonyl (C=O) groups excluding carboxylic acids is 4. The van der Waals surface area contributed by atoms with Crippen LogP contribution in [0.25, 0.3) is 0 Å². The Bertz CT molecular complexity index is 531. The van der Waals surface area contributed by atoms with Crippen LogP contribution in [-0.2, 0) is 23.9 Å². The zero-order valence-electron chi connectivity index (χ0n) is 13.0. The second kappa shape index (κ2) is 9.80. The van der Waals surface area contributed by atoms with Crippen molar-refractivity contribution in [3.05, 3.63) is 24.3 Å². The highest BCUT2D eigenvalue weighted by Crippen LogP contribution is 2.10. The first kappa shape index (κ1) is 20.9. The molecular formula is C14H20N2O6S. The van der Waals surface area contributed by atoms with Crippen LogP contribution in [0.2, 0.25) is 0 Å². The number of carbonyl (C=O) groups is 4. The molecule has 0 fully saturated rings. The summed E-state index contributed by atoms with van der Waals surface area (Å²) < 4.78 is 4.76. The van der Waals surface area contributed by atoms with E-state index in [1.54, 1.807) is 0 Å². The molecule has 0 saturated carbocycles. The van der Waals surface area contributed by atoms with E-state index in [0.29, 0.717) is 11.8 Å². The van der Waals surface area contributed by atoms with Crippen molar-refractivity contribution in [1.29, 1.82) is 0 Å². The Morgan fingerprint density at radius 3 is 2.22 bits per heavy atom. The summed E-state index contributed by atoms with van der Waals surface area (Å²) in [4.78, 5) is 45.4. The van der Waals surface area contributed by atoms with Crippen molar-refractivity contribution in [2.45, 2.75) is 25.9 Å². The van der Waals surface area contributed by atoms with Gasteiger partial charge in [0.25, 0.3) is 5.91 Å². The number of hydrogen-bond donors (Lipinski definition) is 2. The second-order valence-corrected chi connectivity index (χ2v) is 5.83. The zero-order valence-corrected chi connectivity index (χ0v) is 13.9. The normalized spacial score (nSPS) is 12.7. The molecule has 0 bridgehead atoms. The first-order valence-corrected chi connectivity index (χ1v) is 7.54. The topological polar surface area (TPSA) is 140 Å². The maximum atomic E-state index is 11.8. The molecule has 8 nitrogen and oxygen atoms in total. The Morgan fingerprint density at radius 2 is 1.78 bits per heavy atom. The molecule has 0 radical (unpaired) electrons. The van der Waals surface area contributed by atoms with Crippen molar-refractivity contribution in [3.8, 4) is 0 Å². The quantitative estimate of drug-likeness (QED) is 0.357. The Balaban J connectivity index is 4.51. The molecule has 2 atom stereocenters. The Labute approximate surface area is 138 Å². The van der Waals surface area contributed by atoms with E-state index < -0.39 is 29.9 Å². The van der Waals surface area contributed by atoms with Crippen molar-refractivity contribution >= 4 is 34.7 Å². The number of ether oxygens (including phenoxy) is 1. The molecule has 0 aliphatic rings. The molecule has 0 aromatic heterocycles. The molecule has 0 aromatic carbocycles. The second-order valence-electron chi connectivity index (χ2n) is 4.83. The smallest absolute Gasteiger partial charge is 0.333 e. The van der Waals surface area contributed by atoms with Gasteiger partial charge in [-0.05, 0) is 19.4 Å². The van der Waals surface area contributed by atoms with Crippen LogP contribution in [-0.4, -0.2) is 47.4 Å². The van der Waals surface area contributed by atoms with E-state index in [9.17, 15) is 24.3 Å². The third-order valence-corrected chi connectivity index (χ3v) is 3.58. The molecule has 9 heteroatoms. The number of aliphatic carboxylic acids is 1. The van der Waals surface area contributed by atoms with Crippen molar-refractivity contribution in [3.63, 3.8) is 0 Å². The number of thioether (sulfide) groups is 1. The van der Waals surface area contributed by atoms with Crippen molar-refractivity contribution in [2.24, 2.45) is 0 Å². The number of carboxylic acids is 1. The van der Waals surface area contributed by atoms with Crippen molar-refractivity contribution < 1.29 is 34.8 Å². The number of esters is 1. The fourth-order valence-electron chi connectivity index (χ4n) is 1.12. The van der Waals surface area contributed by atoms with E-state index in [2.05, 4.69) is 24.2 Å². The lowest BCUT2D eigenvalue weighted by molar-refractivity contribution is -0.409. The summed E-state index contributed by atoms with van der Waals surface area (Å²) in [5.74, 6) is -3.16. The van der Waals surface area contributed by atoms with Crippen LogP contribution in [0.1, 0.15) is 13.8 Å². The summed E-state index contributed by atoms with van der Waals surface area (Å²) in [6, 6.07) is -2.39. The highest BCUT2D eigenvalue weighted by Gasteiger charge is 2.24. The minimum absolute atomic E-state index is 0.167. The van der Waals surface area contributed by atoms with Gasteiger partial charge in [0, 0.05) is 11.3 Å². The number of rotatable bonds is 9. The lowest BCUT2D eigenvalue weighted by Crippen LogP contribution is -2.71. The van der Waals surface area contributed by atoms with Gasteiger partial charge in [0.2, 0.25) is 5.12 Å². The fourth-order valence-corrected chi connectivity index (χ4v) is 1.90. The molecule has 23 heavy (non-hydrogen) atoms. The zero-order chi connectivity index (χ0) is 18.2. The molecule has 0 aromatic rings. The first-order valence-electron chi connectivity index (χ1n) is 6.55. The van der Waals surface area contributed by atoms with Gasteiger partial charge in [-0.2, -0.15) is 0 Å². The average molecular weight is 344 g/mol. The summed E-state index contributed by atoms with van der Waals surface area (Å²) in [6.07, 6.45) is 0. The van der Waals surface area contributed by atoms with Crippen LogP contribution < -0.4 is 16.2 Å². The van der Waals surface area contributed by atoms with E-state index in [0.717, 1.165) is 0 Å². The predicted molar refractivity (Wildman–Crippen MR) is 81.7 cm³/mol. The molecule has 0 rings (SSSR count). The maximum absolute atomic E-state index is 11.8. The van der Waals surface area contributed by atoms with E-state index in [-0.39, 0.29) is 28.6 Å². The Kier molecular flexibility index (Phi) is 8.89. The molecule has 1 amide bonds.